The maximum Gasteiger partial charge on any atom is 0.406 e. The van der Waals surface area contributed by atoms with Gasteiger partial charge in [0.1, 0.15) is 23.6 Å². The number of fused-ring (bicyclic) bond motifs is 2. The number of nitrogen functional groups attached to an aromatic ring is 1. The minimum Gasteiger partial charge on any atom is -0.495 e. The number of nitrogens with one attached hydrogen (secondary N) is 3. The molecule has 0 radical (unpaired) electrons. The van der Waals surface area contributed by atoms with Crippen LogP contribution in [0.4, 0.5) is 30.2 Å². The number of aromatic nitrogens is 4. The Hall–Kier alpha value is -6.96. The number of aryl methyl sites for hydroxylation is 2. The van der Waals surface area contributed by atoms with Gasteiger partial charge in [0.15, 0.2) is 0 Å². The molecule has 1 aliphatic heterocycles. The fourth-order valence-electron chi connectivity index (χ4n) is 8.41. The van der Waals surface area contributed by atoms with Crippen molar-refractivity contribution in [2.24, 2.45) is 11.6 Å². The minimum atomic E-state index is -4.43. The number of carbonyl (C=O) groups excluding carboxylic acids is 1. The average Bonchev–Trinajstić information content (AvgIpc) is 4.01. The van der Waals surface area contributed by atoms with Crippen LogP contribution in [-0.4, -0.2) is 134 Å². The molecule has 380 valence electrons. The number of piperidine rings is 1. The van der Waals surface area contributed by atoms with E-state index in [0.717, 1.165) is 54.0 Å². The largest absolute Gasteiger partial charge is 0.495 e. The van der Waals surface area contributed by atoms with Crippen LogP contribution in [0, 0.1) is 25.7 Å². The number of amides is 1. The number of nitrogens with two attached hydrogens (primary N) is 3. The second-order valence-electron chi connectivity index (χ2n) is 17.3. The lowest BCUT2D eigenvalue weighted by atomic mass is 10.0. The number of halogens is 3. The van der Waals surface area contributed by atoms with Crippen LogP contribution in [0.5, 0.6) is 5.75 Å². The number of alkyl halides is 3. The Morgan fingerprint density at radius 2 is 1.73 bits per heavy atom. The quantitative estimate of drug-likeness (QED) is 0.0146. The van der Waals surface area contributed by atoms with Crippen LogP contribution in [0.2, 0.25) is 0 Å². The van der Waals surface area contributed by atoms with Gasteiger partial charge in [-0.15, -0.1) is 0 Å². The molecule has 0 atom stereocenters. The zero-order valence-electron chi connectivity index (χ0n) is 40.5. The van der Waals surface area contributed by atoms with E-state index in [0.29, 0.717) is 96.7 Å². The first kappa shape index (κ1) is 51.9. The molecule has 0 aliphatic carbocycles. The molecule has 0 spiro atoms. The summed E-state index contributed by atoms with van der Waals surface area (Å²) in [6.45, 7) is 7.65. The van der Waals surface area contributed by atoms with Gasteiger partial charge in [0.05, 0.1) is 107 Å². The number of hydrazine groups is 1. The highest BCUT2D eigenvalue weighted by molar-refractivity contribution is 5.96. The fraction of sp³-hybridized carbons (Fsp3) is 0.420. The number of likely N-dealkylation sites (tertiary alicyclic amines) is 1. The van der Waals surface area contributed by atoms with Crippen molar-refractivity contribution in [3.8, 4) is 28.7 Å². The van der Waals surface area contributed by atoms with E-state index in [9.17, 15) is 18.0 Å². The van der Waals surface area contributed by atoms with E-state index in [-0.39, 0.29) is 37.3 Å². The Kier molecular flexibility index (Phi) is 17.7. The summed E-state index contributed by atoms with van der Waals surface area (Å²) in [5.74, 6) is 12.9. The Labute approximate surface area is 410 Å². The SMILES string of the molecule is COc1cc(C(=O)NCCOCCOCCOCCN(N)/C=C(\N)Cn2cnc3c(N)cc(-c4c(C)noc4C)cc32)ccc1NCC#Cc1cc2c(NC3CCN(C)CC3)cccc2n1CC(F)(F)F. The number of imidazole rings is 1. The van der Waals surface area contributed by atoms with E-state index in [1.807, 2.05) is 36.6 Å². The van der Waals surface area contributed by atoms with Crippen molar-refractivity contribution in [2.45, 2.75) is 52.0 Å². The number of anilines is 3. The maximum atomic E-state index is 13.8. The monoisotopic (exact) mass is 984 g/mol. The molecule has 9 N–H and O–H groups in total. The molecule has 71 heavy (non-hydrogen) atoms. The van der Waals surface area contributed by atoms with E-state index >= 15 is 0 Å². The molecule has 1 fully saturated rings. The molecule has 18 nitrogen and oxygen atoms in total. The van der Waals surface area contributed by atoms with Crippen LogP contribution in [0.15, 0.2) is 77.3 Å². The zero-order valence-corrected chi connectivity index (χ0v) is 40.5. The smallest absolute Gasteiger partial charge is 0.406 e. The van der Waals surface area contributed by atoms with Gasteiger partial charge in [0.25, 0.3) is 5.91 Å². The predicted molar refractivity (Wildman–Crippen MR) is 268 cm³/mol. The molecule has 1 aliphatic rings. The molecule has 0 bridgehead atoms. The van der Waals surface area contributed by atoms with E-state index < -0.39 is 12.7 Å². The number of hydrogen-bond donors (Lipinski definition) is 6. The predicted octanol–water partition coefficient (Wildman–Crippen LogP) is 5.84. The molecule has 0 saturated carbocycles. The van der Waals surface area contributed by atoms with Crippen LogP contribution in [0.3, 0.4) is 0 Å². The summed E-state index contributed by atoms with van der Waals surface area (Å²) in [7, 11) is 3.56. The summed E-state index contributed by atoms with van der Waals surface area (Å²) in [5.41, 5.74) is 20.2. The molecular formula is C50H63F3N12O6. The standard InChI is InChI=1S/C50H63F3N12O6/c1-33-47(34(2)71-61-33)36-25-41(55)48-45(26-36)63(32-59-48)29-37(54)30-64(56)18-20-69-22-24-70-23-21-68-19-15-58-49(66)35-10-11-43(46(27-35)67-4)57-14-6-7-39-28-40-42(60-38-12-16-62(3)17-13-38)8-5-9-44(40)65(39)31-50(51,52)53/h5,8-11,25-28,30,32,38,57,60H,12-24,29,31,54-56H2,1-4H3,(H,58,66)/b37-30-. The first-order chi connectivity index (χ1) is 34.2. The Morgan fingerprint density at radius 3 is 2.45 bits per heavy atom. The summed E-state index contributed by atoms with van der Waals surface area (Å²) >= 11 is 0. The Morgan fingerprint density at radius 1 is 0.986 bits per heavy atom. The summed E-state index contributed by atoms with van der Waals surface area (Å²) in [4.78, 5) is 19.6. The third kappa shape index (κ3) is 14.1. The van der Waals surface area contributed by atoms with Crippen molar-refractivity contribution in [1.29, 1.82) is 0 Å². The fourth-order valence-corrected chi connectivity index (χ4v) is 8.41. The van der Waals surface area contributed by atoms with E-state index in [2.05, 4.69) is 49.9 Å². The van der Waals surface area contributed by atoms with Gasteiger partial charge in [-0.25, -0.2) is 10.8 Å². The van der Waals surface area contributed by atoms with Gasteiger partial charge in [0.2, 0.25) is 0 Å². The topological polar surface area (TPSA) is 223 Å². The molecule has 3 aromatic heterocycles. The van der Waals surface area contributed by atoms with Crippen LogP contribution in [-0.2, 0) is 27.3 Å². The highest BCUT2D eigenvalue weighted by atomic mass is 19.4. The van der Waals surface area contributed by atoms with E-state index in [1.165, 1.54) is 16.7 Å². The van der Waals surface area contributed by atoms with Gasteiger partial charge < -0.3 is 69.9 Å². The minimum absolute atomic E-state index is 0.115. The lowest BCUT2D eigenvalue weighted by Gasteiger charge is -2.30. The van der Waals surface area contributed by atoms with Crippen LogP contribution >= 0.6 is 0 Å². The van der Waals surface area contributed by atoms with Crippen LogP contribution in [0.1, 0.15) is 40.3 Å². The lowest BCUT2D eigenvalue weighted by Crippen LogP contribution is -2.36. The molecule has 1 saturated heterocycles. The van der Waals surface area contributed by atoms with Crippen molar-refractivity contribution in [3.63, 3.8) is 0 Å². The number of rotatable bonds is 23. The molecule has 6 aromatic rings. The summed E-state index contributed by atoms with van der Waals surface area (Å²) in [6, 6.07) is 16.1. The van der Waals surface area contributed by atoms with Gasteiger partial charge in [-0.2, -0.15) is 13.2 Å². The molecule has 7 rings (SSSR count). The summed E-state index contributed by atoms with van der Waals surface area (Å²) in [5, 5.41) is 15.8. The molecule has 1 amide bonds. The number of methoxy groups -OCH3 is 1. The third-order valence-corrected chi connectivity index (χ3v) is 11.9. The second kappa shape index (κ2) is 24.2. The number of benzene rings is 3. The van der Waals surface area contributed by atoms with Crippen molar-refractivity contribution in [2.75, 3.05) is 103 Å². The average molecular weight is 985 g/mol. The summed E-state index contributed by atoms with van der Waals surface area (Å²) in [6.07, 6.45) is 0.806. The molecule has 3 aromatic carbocycles. The molecular weight excluding hydrogens is 922 g/mol. The Bertz CT molecular complexity index is 2820. The van der Waals surface area contributed by atoms with Crippen molar-refractivity contribution in [3.05, 3.63) is 95.5 Å². The molecule has 4 heterocycles. The zero-order chi connectivity index (χ0) is 50.5. The van der Waals surface area contributed by atoms with Crippen molar-refractivity contribution >= 4 is 44.9 Å². The first-order valence-corrected chi connectivity index (χ1v) is 23.4. The summed E-state index contributed by atoms with van der Waals surface area (Å²) < 4.78 is 72.1. The van der Waals surface area contributed by atoms with Crippen LogP contribution < -0.4 is 38.0 Å². The van der Waals surface area contributed by atoms with Gasteiger partial charge >= 0.3 is 6.18 Å². The lowest BCUT2D eigenvalue weighted by molar-refractivity contribution is -0.140. The van der Waals surface area contributed by atoms with E-state index in [4.69, 9.17) is 40.8 Å². The van der Waals surface area contributed by atoms with Crippen molar-refractivity contribution < 1.29 is 41.4 Å². The number of nitrogens with zero attached hydrogens (tertiary/aromatic N) is 6. The van der Waals surface area contributed by atoms with Gasteiger partial charge in [0, 0.05) is 46.7 Å². The van der Waals surface area contributed by atoms with Crippen molar-refractivity contribution in [1.82, 2.24) is 34.5 Å². The third-order valence-electron chi connectivity index (χ3n) is 11.9. The molecule has 21 heteroatoms. The normalized spacial score (nSPS) is 13.7. The Balaban J connectivity index is 0.771. The van der Waals surface area contributed by atoms with Gasteiger partial charge in [-0.3, -0.25) is 4.79 Å². The highest BCUT2D eigenvalue weighted by Gasteiger charge is 2.30. The highest BCUT2D eigenvalue weighted by Crippen LogP contribution is 2.34. The number of ether oxygens (including phenoxy) is 4. The van der Waals surface area contributed by atoms with Crippen LogP contribution in [0.25, 0.3) is 33.1 Å². The molecule has 0 unspecified atom stereocenters. The number of carbonyl (C=O) groups is 1. The first-order valence-electron chi connectivity index (χ1n) is 23.4. The van der Waals surface area contributed by atoms with Gasteiger partial charge in [-0.1, -0.05) is 17.1 Å². The number of hydrogen-bond acceptors (Lipinski definition) is 15. The maximum absolute atomic E-state index is 13.8. The second-order valence-corrected chi connectivity index (χ2v) is 17.3. The number of allylic oxidation sites excluding steroid dienone is 1. The van der Waals surface area contributed by atoms with Gasteiger partial charge in [-0.05, 0) is 107 Å². The van der Waals surface area contributed by atoms with E-state index in [1.54, 1.807) is 48.9 Å².